The van der Waals surface area contributed by atoms with Crippen LogP contribution in [0.3, 0.4) is 0 Å². The van der Waals surface area contributed by atoms with E-state index in [-0.39, 0.29) is 17.5 Å². The molecule has 3 rings (SSSR count). The van der Waals surface area contributed by atoms with Gasteiger partial charge in [0.15, 0.2) is 0 Å². The van der Waals surface area contributed by atoms with Crippen LogP contribution in [0.5, 0.6) is 5.75 Å². The predicted octanol–water partition coefficient (Wildman–Crippen LogP) is 3.07. The molecule has 1 fully saturated rings. The van der Waals surface area contributed by atoms with Crippen LogP contribution in [-0.4, -0.2) is 51.1 Å². The van der Waals surface area contributed by atoms with Crippen LogP contribution in [0.1, 0.15) is 23.2 Å². The molecule has 0 saturated carbocycles. The van der Waals surface area contributed by atoms with Gasteiger partial charge in [-0.1, -0.05) is 15.9 Å². The molecule has 30 heavy (non-hydrogen) atoms. The summed E-state index contributed by atoms with van der Waals surface area (Å²) < 4.78 is 31.6. The molecule has 2 amide bonds. The number of rotatable bonds is 6. The van der Waals surface area contributed by atoms with E-state index in [4.69, 9.17) is 4.74 Å². The standard InChI is InChI=1S/C20H22BrN3O5S/c1-29-18-10-9-15(12-16(18)23-30(2,27)28)22-19(25)17-4-3-11-24(17)20(26)13-5-7-14(21)8-6-13/h5-10,12,17,23H,3-4,11H2,1-2H3,(H,22,25). The highest BCUT2D eigenvalue weighted by Crippen LogP contribution is 2.29. The monoisotopic (exact) mass is 495 g/mol. The lowest BCUT2D eigenvalue weighted by molar-refractivity contribution is -0.119. The first kappa shape index (κ1) is 22.1. The molecule has 0 aromatic heterocycles. The SMILES string of the molecule is COc1ccc(NC(=O)C2CCCN2C(=O)c2ccc(Br)cc2)cc1NS(C)(=O)=O. The third-order valence-electron chi connectivity index (χ3n) is 4.67. The second-order valence-corrected chi connectivity index (χ2v) is 9.61. The molecule has 8 nitrogen and oxygen atoms in total. The van der Waals surface area contributed by atoms with Gasteiger partial charge in [-0.05, 0) is 55.3 Å². The van der Waals surface area contributed by atoms with Crippen molar-refractivity contribution in [3.63, 3.8) is 0 Å². The second-order valence-electron chi connectivity index (χ2n) is 6.94. The minimum Gasteiger partial charge on any atom is -0.495 e. The highest BCUT2D eigenvalue weighted by molar-refractivity contribution is 9.10. The molecular formula is C20H22BrN3O5S. The smallest absolute Gasteiger partial charge is 0.254 e. The molecule has 1 heterocycles. The number of nitrogens with one attached hydrogen (secondary N) is 2. The number of ether oxygens (including phenoxy) is 1. The average Bonchev–Trinajstić information content (AvgIpc) is 3.17. The number of amides is 2. The minimum atomic E-state index is -3.52. The summed E-state index contributed by atoms with van der Waals surface area (Å²) in [6.45, 7) is 0.497. The number of benzene rings is 2. The number of carbonyl (C=O) groups is 2. The van der Waals surface area contributed by atoms with Gasteiger partial charge in [0.2, 0.25) is 15.9 Å². The summed E-state index contributed by atoms with van der Waals surface area (Å²) in [5, 5.41) is 2.78. The van der Waals surface area contributed by atoms with Crippen molar-refractivity contribution in [1.29, 1.82) is 0 Å². The summed E-state index contributed by atoms with van der Waals surface area (Å²) >= 11 is 3.34. The van der Waals surface area contributed by atoms with Crippen LogP contribution in [0.4, 0.5) is 11.4 Å². The Morgan fingerprint density at radius 1 is 1.17 bits per heavy atom. The third kappa shape index (κ3) is 5.31. The fraction of sp³-hybridized carbons (Fsp3) is 0.300. The van der Waals surface area contributed by atoms with Crippen LogP contribution in [0.2, 0.25) is 0 Å². The zero-order valence-corrected chi connectivity index (χ0v) is 18.9. The first-order chi connectivity index (χ1) is 14.2. The van der Waals surface area contributed by atoms with E-state index >= 15 is 0 Å². The zero-order valence-electron chi connectivity index (χ0n) is 16.5. The van der Waals surface area contributed by atoms with Gasteiger partial charge in [0.25, 0.3) is 5.91 Å². The number of anilines is 2. The van der Waals surface area contributed by atoms with E-state index in [9.17, 15) is 18.0 Å². The zero-order chi connectivity index (χ0) is 21.9. The van der Waals surface area contributed by atoms with E-state index in [1.165, 1.54) is 13.2 Å². The minimum absolute atomic E-state index is 0.200. The summed E-state index contributed by atoms with van der Waals surface area (Å²) in [5.41, 5.74) is 1.13. The lowest BCUT2D eigenvalue weighted by Gasteiger charge is -2.24. The van der Waals surface area contributed by atoms with Gasteiger partial charge in [0.05, 0.1) is 19.1 Å². The largest absolute Gasteiger partial charge is 0.495 e. The number of carbonyl (C=O) groups excluding carboxylic acids is 2. The lowest BCUT2D eigenvalue weighted by Crippen LogP contribution is -2.43. The van der Waals surface area contributed by atoms with Gasteiger partial charge in [-0.2, -0.15) is 0 Å². The van der Waals surface area contributed by atoms with Crippen molar-refractivity contribution >= 4 is 49.1 Å². The number of halogens is 1. The maximum Gasteiger partial charge on any atom is 0.254 e. The maximum absolute atomic E-state index is 12.9. The van der Waals surface area contributed by atoms with Crippen LogP contribution in [0.25, 0.3) is 0 Å². The number of sulfonamides is 1. The molecule has 2 aromatic carbocycles. The van der Waals surface area contributed by atoms with Gasteiger partial charge >= 0.3 is 0 Å². The summed E-state index contributed by atoms with van der Waals surface area (Å²) in [6.07, 6.45) is 2.31. The van der Waals surface area contributed by atoms with Crippen LogP contribution < -0.4 is 14.8 Å². The molecule has 2 N–H and O–H groups in total. The number of methoxy groups -OCH3 is 1. The summed E-state index contributed by atoms with van der Waals surface area (Å²) in [4.78, 5) is 27.3. The number of nitrogens with zero attached hydrogens (tertiary/aromatic N) is 1. The molecule has 1 aliphatic rings. The molecule has 0 bridgehead atoms. The van der Waals surface area contributed by atoms with Gasteiger partial charge in [-0.15, -0.1) is 0 Å². The highest BCUT2D eigenvalue weighted by Gasteiger charge is 2.34. The van der Waals surface area contributed by atoms with Crippen LogP contribution in [0, 0.1) is 0 Å². The summed E-state index contributed by atoms with van der Waals surface area (Å²) in [5.74, 6) is -0.200. The van der Waals surface area contributed by atoms with Gasteiger partial charge in [-0.25, -0.2) is 8.42 Å². The molecule has 1 unspecified atom stereocenters. The Kier molecular flexibility index (Phi) is 6.67. The fourth-order valence-electron chi connectivity index (χ4n) is 3.33. The number of hydrogen-bond acceptors (Lipinski definition) is 5. The summed E-state index contributed by atoms with van der Waals surface area (Å²) in [7, 11) is -2.10. The molecule has 1 aliphatic heterocycles. The lowest BCUT2D eigenvalue weighted by atomic mass is 10.1. The molecule has 0 radical (unpaired) electrons. The molecule has 1 atom stereocenters. The fourth-order valence-corrected chi connectivity index (χ4v) is 4.15. The van der Waals surface area contributed by atoms with Crippen molar-refractivity contribution in [2.45, 2.75) is 18.9 Å². The van der Waals surface area contributed by atoms with Gasteiger partial charge < -0.3 is 15.0 Å². The van der Waals surface area contributed by atoms with E-state index in [0.717, 1.165) is 17.1 Å². The highest BCUT2D eigenvalue weighted by atomic mass is 79.9. The predicted molar refractivity (Wildman–Crippen MR) is 118 cm³/mol. The topological polar surface area (TPSA) is 105 Å². The first-order valence-electron chi connectivity index (χ1n) is 9.21. The molecule has 0 spiro atoms. The van der Waals surface area contributed by atoms with Gasteiger partial charge in [0.1, 0.15) is 11.8 Å². The van der Waals surface area contributed by atoms with E-state index < -0.39 is 16.1 Å². The third-order valence-corrected chi connectivity index (χ3v) is 5.79. The Balaban J connectivity index is 1.77. The Bertz CT molecular complexity index is 1060. The van der Waals surface area contributed by atoms with Crippen molar-refractivity contribution in [3.05, 3.63) is 52.5 Å². The van der Waals surface area contributed by atoms with Crippen LogP contribution in [0.15, 0.2) is 46.9 Å². The Labute approximate surface area is 183 Å². The van der Waals surface area contributed by atoms with E-state index in [1.807, 2.05) is 0 Å². The molecule has 1 saturated heterocycles. The van der Waals surface area contributed by atoms with Crippen molar-refractivity contribution < 1.29 is 22.7 Å². The van der Waals surface area contributed by atoms with E-state index in [0.29, 0.717) is 30.0 Å². The Morgan fingerprint density at radius 3 is 2.50 bits per heavy atom. The molecule has 0 aliphatic carbocycles. The summed E-state index contributed by atoms with van der Waals surface area (Å²) in [6, 6.07) is 11.0. The Morgan fingerprint density at radius 2 is 1.87 bits per heavy atom. The van der Waals surface area contributed by atoms with Gasteiger partial charge in [-0.3, -0.25) is 14.3 Å². The van der Waals surface area contributed by atoms with Crippen molar-refractivity contribution in [2.75, 3.05) is 29.9 Å². The average molecular weight is 496 g/mol. The van der Waals surface area contributed by atoms with Crippen molar-refractivity contribution in [1.82, 2.24) is 4.90 Å². The Hall–Kier alpha value is -2.59. The van der Waals surface area contributed by atoms with E-state index in [2.05, 4.69) is 26.0 Å². The normalized spacial score (nSPS) is 16.2. The number of hydrogen-bond donors (Lipinski definition) is 2. The quantitative estimate of drug-likeness (QED) is 0.640. The first-order valence-corrected chi connectivity index (χ1v) is 11.9. The van der Waals surface area contributed by atoms with Crippen LogP contribution >= 0.6 is 15.9 Å². The van der Waals surface area contributed by atoms with E-state index in [1.54, 1.807) is 41.3 Å². The molecule has 10 heteroatoms. The number of likely N-dealkylation sites (tertiary alicyclic amines) is 1. The van der Waals surface area contributed by atoms with Crippen molar-refractivity contribution in [2.24, 2.45) is 0 Å². The molecule has 160 valence electrons. The molecule has 2 aromatic rings. The van der Waals surface area contributed by atoms with Crippen LogP contribution in [-0.2, 0) is 14.8 Å². The van der Waals surface area contributed by atoms with Crippen molar-refractivity contribution in [3.8, 4) is 5.75 Å². The molecular weight excluding hydrogens is 474 g/mol. The maximum atomic E-state index is 12.9. The van der Waals surface area contributed by atoms with Gasteiger partial charge in [0, 0.05) is 22.3 Å². The second kappa shape index (κ2) is 9.05.